The highest BCUT2D eigenvalue weighted by molar-refractivity contribution is 8.35. The molecule has 3 rings (SSSR count). The largest absolute Gasteiger partial charge is 0.454 e. The fraction of sp³-hybridized carbons (Fsp3) is 0.167. The van der Waals surface area contributed by atoms with Crippen LogP contribution in [0.4, 0.5) is 13.2 Å². The summed E-state index contributed by atoms with van der Waals surface area (Å²) in [6.07, 6.45) is -4.42. The van der Waals surface area contributed by atoms with Crippen LogP contribution in [-0.2, 0) is 4.79 Å². The summed E-state index contributed by atoms with van der Waals surface area (Å²) >= 11 is 6.68. The third-order valence-electron chi connectivity index (χ3n) is 3.51. The molecule has 0 atom stereocenters. The van der Waals surface area contributed by atoms with Crippen LogP contribution in [0.15, 0.2) is 55.0 Å². The van der Waals surface area contributed by atoms with E-state index in [0.29, 0.717) is 11.6 Å². The first kappa shape index (κ1) is 21.5. The predicted molar refractivity (Wildman–Crippen MR) is 115 cm³/mol. The molecule has 2 N–H and O–H groups in total. The zero-order chi connectivity index (χ0) is 20.1. The van der Waals surface area contributed by atoms with Crippen molar-refractivity contribution in [2.75, 3.05) is 13.2 Å². The van der Waals surface area contributed by atoms with E-state index in [1.165, 1.54) is 8.47 Å². The molecular weight excluding hydrogens is 447 g/mol. The Hall–Kier alpha value is -1.20. The molecule has 0 saturated carbocycles. The number of hydrogen-bond donors (Lipinski definition) is 2. The Morgan fingerprint density at radius 1 is 1.07 bits per heavy atom. The Bertz CT molecular complexity index is 864. The van der Waals surface area contributed by atoms with Gasteiger partial charge in [-0.05, 0) is 27.4 Å². The highest BCUT2D eigenvalue weighted by Gasteiger charge is 2.36. The van der Waals surface area contributed by atoms with Crippen molar-refractivity contribution in [3.05, 3.63) is 66.2 Å². The molecule has 10 heteroatoms. The summed E-state index contributed by atoms with van der Waals surface area (Å²) in [6.45, 7) is -0.227. The number of nitrogens with one attached hydrogen (secondary N) is 1. The number of aliphatic hydroxyl groups excluding tert-OH is 1. The van der Waals surface area contributed by atoms with Crippen molar-refractivity contribution in [2.24, 2.45) is 0 Å². The van der Waals surface area contributed by atoms with Gasteiger partial charge in [-0.2, -0.15) is 13.2 Å². The molecule has 148 valence electrons. The highest BCUT2D eigenvalue weighted by atomic mass is 32.2. The van der Waals surface area contributed by atoms with Gasteiger partial charge in [-0.15, -0.1) is 0 Å². The molecule has 0 aromatic heterocycles. The van der Waals surface area contributed by atoms with Gasteiger partial charge in [-0.1, -0.05) is 71.3 Å². The van der Waals surface area contributed by atoms with Crippen molar-refractivity contribution in [1.29, 1.82) is 0 Å². The van der Waals surface area contributed by atoms with Gasteiger partial charge in [0.15, 0.2) is 0 Å². The summed E-state index contributed by atoms with van der Waals surface area (Å²) < 4.78 is 40.2. The SMILES string of the molecule is O=C(/C=C(\NCCO)c1ccc(C2=CSC(=C3SC=CS3)S2)cc1)C(F)(F)F. The van der Waals surface area contributed by atoms with E-state index in [1.54, 1.807) is 59.2 Å². The van der Waals surface area contributed by atoms with Gasteiger partial charge >= 0.3 is 6.18 Å². The van der Waals surface area contributed by atoms with E-state index in [9.17, 15) is 18.0 Å². The van der Waals surface area contributed by atoms with Crippen molar-refractivity contribution in [1.82, 2.24) is 5.32 Å². The lowest BCUT2D eigenvalue weighted by molar-refractivity contribution is -0.165. The third kappa shape index (κ3) is 5.44. The molecule has 2 aliphatic heterocycles. The summed E-state index contributed by atoms with van der Waals surface area (Å²) in [5.74, 6) is -1.95. The number of benzene rings is 1. The Kier molecular flexibility index (Phi) is 7.32. The summed E-state index contributed by atoms with van der Waals surface area (Å²) in [4.78, 5) is 12.4. The predicted octanol–water partition coefficient (Wildman–Crippen LogP) is 5.60. The smallest absolute Gasteiger partial charge is 0.395 e. The minimum atomic E-state index is -4.94. The van der Waals surface area contributed by atoms with Gasteiger partial charge in [0.25, 0.3) is 5.78 Å². The van der Waals surface area contributed by atoms with E-state index in [2.05, 4.69) is 10.7 Å². The molecule has 3 nitrogen and oxygen atoms in total. The first-order valence-electron chi connectivity index (χ1n) is 7.94. The number of allylic oxidation sites excluding steroid dienone is 1. The molecule has 0 bridgehead atoms. The van der Waals surface area contributed by atoms with E-state index in [1.807, 2.05) is 22.9 Å². The number of ketones is 1. The molecule has 0 spiro atoms. The molecule has 1 aromatic carbocycles. The molecule has 0 aliphatic carbocycles. The zero-order valence-electron chi connectivity index (χ0n) is 14.2. The quantitative estimate of drug-likeness (QED) is 0.535. The van der Waals surface area contributed by atoms with Crippen LogP contribution < -0.4 is 5.32 Å². The molecule has 0 unspecified atom stereocenters. The number of aliphatic hydroxyl groups is 1. The summed E-state index contributed by atoms with van der Waals surface area (Å²) in [5, 5.41) is 17.7. The fourth-order valence-electron chi connectivity index (χ4n) is 2.23. The normalized spacial score (nSPS) is 17.3. The van der Waals surface area contributed by atoms with Crippen molar-refractivity contribution < 1.29 is 23.1 Å². The van der Waals surface area contributed by atoms with Gasteiger partial charge < -0.3 is 10.4 Å². The minimum absolute atomic E-state index is 0.0259. The van der Waals surface area contributed by atoms with Crippen LogP contribution in [-0.4, -0.2) is 30.2 Å². The van der Waals surface area contributed by atoms with E-state index in [-0.39, 0.29) is 18.8 Å². The maximum atomic E-state index is 12.6. The van der Waals surface area contributed by atoms with Crippen LogP contribution in [0, 0.1) is 0 Å². The number of carbonyl (C=O) groups is 1. The second kappa shape index (κ2) is 9.53. The Labute approximate surface area is 177 Å². The molecular formula is C18H14F3NO2S4. The number of rotatable bonds is 6. The number of carbonyl (C=O) groups excluding carboxylic acids is 1. The van der Waals surface area contributed by atoms with Gasteiger partial charge in [-0.3, -0.25) is 4.79 Å². The Morgan fingerprint density at radius 3 is 2.36 bits per heavy atom. The topological polar surface area (TPSA) is 49.3 Å². The summed E-state index contributed by atoms with van der Waals surface area (Å²) in [5.41, 5.74) is 1.41. The second-order valence-corrected chi connectivity index (χ2v) is 9.71. The van der Waals surface area contributed by atoms with Crippen LogP contribution in [0.1, 0.15) is 11.1 Å². The Balaban J connectivity index is 1.77. The average molecular weight is 462 g/mol. The lowest BCUT2D eigenvalue weighted by Crippen LogP contribution is -2.24. The molecule has 1 aromatic rings. The van der Waals surface area contributed by atoms with Crippen LogP contribution in [0.25, 0.3) is 10.6 Å². The van der Waals surface area contributed by atoms with E-state index < -0.39 is 12.0 Å². The first-order chi connectivity index (χ1) is 13.4. The fourth-order valence-corrected chi connectivity index (χ4v) is 6.71. The van der Waals surface area contributed by atoms with Gasteiger partial charge in [0, 0.05) is 23.2 Å². The summed E-state index contributed by atoms with van der Waals surface area (Å²) in [6, 6.07) is 6.93. The monoisotopic (exact) mass is 461 g/mol. The van der Waals surface area contributed by atoms with Crippen molar-refractivity contribution in [3.8, 4) is 0 Å². The molecule has 0 amide bonds. The highest BCUT2D eigenvalue weighted by Crippen LogP contribution is 2.55. The second-order valence-electron chi connectivity index (χ2n) is 5.43. The molecule has 2 aliphatic rings. The molecule has 2 heterocycles. The van der Waals surface area contributed by atoms with Gasteiger partial charge in [0.05, 0.1) is 15.1 Å². The lowest BCUT2D eigenvalue weighted by atomic mass is 10.1. The molecule has 28 heavy (non-hydrogen) atoms. The van der Waals surface area contributed by atoms with Crippen LogP contribution in [0.2, 0.25) is 0 Å². The van der Waals surface area contributed by atoms with Crippen LogP contribution in [0.5, 0.6) is 0 Å². The van der Waals surface area contributed by atoms with Gasteiger partial charge in [0.1, 0.15) is 0 Å². The van der Waals surface area contributed by atoms with E-state index >= 15 is 0 Å². The van der Waals surface area contributed by atoms with Crippen LogP contribution >= 0.6 is 47.0 Å². The number of hydrogen-bond acceptors (Lipinski definition) is 7. The number of halogens is 3. The van der Waals surface area contributed by atoms with Crippen molar-refractivity contribution in [2.45, 2.75) is 6.18 Å². The van der Waals surface area contributed by atoms with E-state index in [4.69, 9.17) is 5.11 Å². The average Bonchev–Trinajstić information content (AvgIpc) is 3.35. The number of alkyl halides is 3. The molecule has 0 radical (unpaired) electrons. The standard InChI is InChI=1S/C18H14F3NO2S4/c19-18(20,21)15(24)9-13(22-5-6-23)11-1-3-12(4-2-11)14-10-27-17(28-14)16-25-7-8-26-16/h1-4,7-10,22-23H,5-6H2/b13-9-. The third-order valence-corrected chi connectivity index (χ3v) is 8.58. The number of thioether (sulfide) groups is 4. The summed E-state index contributed by atoms with van der Waals surface area (Å²) in [7, 11) is 0. The van der Waals surface area contributed by atoms with Crippen LogP contribution in [0.3, 0.4) is 0 Å². The lowest BCUT2D eigenvalue weighted by Gasteiger charge is -2.12. The Morgan fingerprint density at radius 2 is 1.75 bits per heavy atom. The maximum absolute atomic E-state index is 12.6. The maximum Gasteiger partial charge on any atom is 0.454 e. The van der Waals surface area contributed by atoms with E-state index in [0.717, 1.165) is 10.5 Å². The molecule has 0 saturated heterocycles. The van der Waals surface area contributed by atoms with Gasteiger partial charge in [0.2, 0.25) is 0 Å². The minimum Gasteiger partial charge on any atom is -0.395 e. The first-order valence-corrected chi connectivity index (χ1v) is 11.4. The van der Waals surface area contributed by atoms with Gasteiger partial charge in [-0.25, -0.2) is 0 Å². The molecule has 0 fully saturated rings. The van der Waals surface area contributed by atoms with Crippen molar-refractivity contribution >= 4 is 63.4 Å². The van der Waals surface area contributed by atoms with Crippen molar-refractivity contribution in [3.63, 3.8) is 0 Å². The zero-order valence-corrected chi connectivity index (χ0v) is 17.4.